The average molecular weight is 410 g/mol. The summed E-state index contributed by atoms with van der Waals surface area (Å²) in [6.45, 7) is 2.12. The molecule has 0 unspecified atom stereocenters. The summed E-state index contributed by atoms with van der Waals surface area (Å²) in [7, 11) is 0. The van der Waals surface area contributed by atoms with E-state index in [0.29, 0.717) is 17.2 Å². The first-order valence-corrected chi connectivity index (χ1v) is 10.4. The van der Waals surface area contributed by atoms with E-state index in [0.717, 1.165) is 35.2 Å². The zero-order valence-corrected chi connectivity index (χ0v) is 17.0. The normalized spacial score (nSPS) is 13.4. The number of hydrogen-bond acceptors (Lipinski definition) is 6. The molecule has 2 aromatic carbocycles. The minimum absolute atomic E-state index is 0.235. The Morgan fingerprint density at radius 1 is 0.935 bits per heavy atom. The molecule has 154 valence electrons. The zero-order chi connectivity index (χ0) is 21.0. The quantitative estimate of drug-likeness (QED) is 0.499. The molecule has 1 aliphatic rings. The number of benzene rings is 2. The molecule has 0 saturated carbocycles. The predicted octanol–water partition coefficient (Wildman–Crippen LogP) is 4.62. The minimum Gasteiger partial charge on any atom is -0.370 e. The minimum atomic E-state index is -0.235. The van der Waals surface area contributed by atoms with E-state index < -0.39 is 0 Å². The lowest BCUT2D eigenvalue weighted by atomic mass is 10.1. The van der Waals surface area contributed by atoms with Crippen molar-refractivity contribution in [2.45, 2.75) is 12.8 Å². The highest BCUT2D eigenvalue weighted by Gasteiger charge is 2.14. The van der Waals surface area contributed by atoms with Gasteiger partial charge in [-0.3, -0.25) is 9.78 Å². The standard InChI is InChI=1S/C24H22N6O/c31-24(23-21-6-2-1-5-17(21)11-12-25-23)28-19-9-7-18(8-10-19)27-22-15-20(16-26-29-22)30-13-3-4-14-30/h1-2,5-12,15-16H,3-4,13-14H2,(H,27,29)(H,28,31). The topological polar surface area (TPSA) is 83.0 Å². The number of carbonyl (C=O) groups is 1. The Bertz CT molecular complexity index is 1210. The van der Waals surface area contributed by atoms with Crippen molar-refractivity contribution >= 4 is 39.6 Å². The Morgan fingerprint density at radius 3 is 2.55 bits per heavy atom. The first kappa shape index (κ1) is 19.0. The summed E-state index contributed by atoms with van der Waals surface area (Å²) >= 11 is 0. The molecular weight excluding hydrogens is 388 g/mol. The molecule has 0 radical (unpaired) electrons. The lowest BCUT2D eigenvalue weighted by Crippen LogP contribution is -2.18. The molecule has 31 heavy (non-hydrogen) atoms. The van der Waals surface area contributed by atoms with Crippen LogP contribution in [0.15, 0.2) is 73.1 Å². The molecule has 1 amide bonds. The van der Waals surface area contributed by atoms with Crippen molar-refractivity contribution in [2.75, 3.05) is 28.6 Å². The van der Waals surface area contributed by atoms with Crippen molar-refractivity contribution in [3.63, 3.8) is 0 Å². The van der Waals surface area contributed by atoms with E-state index in [1.54, 1.807) is 12.4 Å². The number of pyridine rings is 1. The van der Waals surface area contributed by atoms with Gasteiger partial charge in [-0.2, -0.15) is 5.10 Å². The van der Waals surface area contributed by atoms with Gasteiger partial charge in [0.15, 0.2) is 5.82 Å². The number of nitrogens with zero attached hydrogens (tertiary/aromatic N) is 4. The van der Waals surface area contributed by atoms with Crippen molar-refractivity contribution in [3.8, 4) is 0 Å². The van der Waals surface area contributed by atoms with Gasteiger partial charge < -0.3 is 15.5 Å². The van der Waals surface area contributed by atoms with Gasteiger partial charge in [0.1, 0.15) is 5.69 Å². The predicted molar refractivity (Wildman–Crippen MR) is 123 cm³/mol. The fraction of sp³-hybridized carbons (Fsp3) is 0.167. The largest absolute Gasteiger partial charge is 0.370 e. The van der Waals surface area contributed by atoms with Gasteiger partial charge in [0.2, 0.25) is 0 Å². The van der Waals surface area contributed by atoms with Crippen molar-refractivity contribution in [1.82, 2.24) is 15.2 Å². The third-order valence-corrected chi connectivity index (χ3v) is 5.42. The van der Waals surface area contributed by atoms with Crippen LogP contribution in [0.1, 0.15) is 23.3 Å². The van der Waals surface area contributed by atoms with Crippen LogP contribution >= 0.6 is 0 Å². The number of rotatable bonds is 5. The van der Waals surface area contributed by atoms with Crippen molar-refractivity contribution in [1.29, 1.82) is 0 Å². The van der Waals surface area contributed by atoms with Gasteiger partial charge in [-0.25, -0.2) is 0 Å². The second-order valence-corrected chi connectivity index (χ2v) is 7.53. The molecule has 2 N–H and O–H groups in total. The van der Waals surface area contributed by atoms with Crippen molar-refractivity contribution in [3.05, 3.63) is 78.8 Å². The highest BCUT2D eigenvalue weighted by molar-refractivity contribution is 6.11. The number of aromatic nitrogens is 3. The number of hydrogen-bond donors (Lipinski definition) is 2. The molecule has 7 nitrogen and oxygen atoms in total. The van der Waals surface area contributed by atoms with Crippen molar-refractivity contribution in [2.24, 2.45) is 0 Å². The van der Waals surface area contributed by atoms with Gasteiger partial charge in [0.05, 0.1) is 11.9 Å². The first-order valence-electron chi connectivity index (χ1n) is 10.4. The Balaban J connectivity index is 1.28. The van der Waals surface area contributed by atoms with Crippen LogP contribution in [0.2, 0.25) is 0 Å². The summed E-state index contributed by atoms with van der Waals surface area (Å²) in [5, 5.41) is 16.3. The smallest absolute Gasteiger partial charge is 0.274 e. The first-order chi connectivity index (χ1) is 15.3. The fourth-order valence-corrected chi connectivity index (χ4v) is 3.84. The van der Waals surface area contributed by atoms with Crippen LogP contribution in [-0.2, 0) is 0 Å². The van der Waals surface area contributed by atoms with Crippen LogP contribution in [0, 0.1) is 0 Å². The van der Waals surface area contributed by atoms with Gasteiger partial charge in [0, 0.05) is 42.1 Å². The van der Waals surface area contributed by atoms with E-state index in [4.69, 9.17) is 0 Å². The van der Waals surface area contributed by atoms with Crippen LogP contribution in [-0.4, -0.2) is 34.2 Å². The monoisotopic (exact) mass is 410 g/mol. The van der Waals surface area contributed by atoms with Crippen LogP contribution in [0.3, 0.4) is 0 Å². The highest BCUT2D eigenvalue weighted by Crippen LogP contribution is 2.24. The lowest BCUT2D eigenvalue weighted by molar-refractivity contribution is 0.102. The Hall–Kier alpha value is -4.00. The van der Waals surface area contributed by atoms with E-state index in [1.807, 2.05) is 60.7 Å². The number of fused-ring (bicyclic) bond motifs is 1. The fourth-order valence-electron chi connectivity index (χ4n) is 3.84. The highest BCUT2D eigenvalue weighted by atomic mass is 16.1. The maximum Gasteiger partial charge on any atom is 0.274 e. The summed E-state index contributed by atoms with van der Waals surface area (Å²) < 4.78 is 0. The van der Waals surface area contributed by atoms with Gasteiger partial charge >= 0.3 is 0 Å². The molecule has 5 rings (SSSR count). The van der Waals surface area contributed by atoms with E-state index in [-0.39, 0.29) is 5.91 Å². The molecule has 0 atom stereocenters. The van der Waals surface area contributed by atoms with Crippen molar-refractivity contribution < 1.29 is 4.79 Å². The summed E-state index contributed by atoms with van der Waals surface area (Å²) in [4.78, 5) is 19.3. The Morgan fingerprint density at radius 2 is 1.71 bits per heavy atom. The molecule has 1 saturated heterocycles. The molecule has 1 aliphatic heterocycles. The molecule has 4 aromatic rings. The molecule has 0 aliphatic carbocycles. The van der Waals surface area contributed by atoms with Crippen LogP contribution in [0.4, 0.5) is 22.9 Å². The van der Waals surface area contributed by atoms with Gasteiger partial charge in [-0.1, -0.05) is 24.3 Å². The SMILES string of the molecule is O=C(Nc1ccc(Nc2cc(N3CCCC3)cnn2)cc1)c1nccc2ccccc12. The molecule has 7 heteroatoms. The molecule has 0 bridgehead atoms. The summed E-state index contributed by atoms with van der Waals surface area (Å²) in [6, 6.07) is 19.1. The second-order valence-electron chi connectivity index (χ2n) is 7.53. The number of amides is 1. The third-order valence-electron chi connectivity index (χ3n) is 5.42. The van der Waals surface area contributed by atoms with Gasteiger partial charge in [-0.05, 0) is 48.6 Å². The summed E-state index contributed by atoms with van der Waals surface area (Å²) in [5.41, 5.74) is 3.06. The molecule has 2 aromatic heterocycles. The number of anilines is 4. The van der Waals surface area contributed by atoms with Crippen LogP contribution in [0.5, 0.6) is 0 Å². The summed E-state index contributed by atoms with van der Waals surface area (Å²) in [6.07, 6.45) is 5.89. The zero-order valence-electron chi connectivity index (χ0n) is 17.0. The van der Waals surface area contributed by atoms with E-state index in [9.17, 15) is 4.79 Å². The van der Waals surface area contributed by atoms with Crippen LogP contribution in [0.25, 0.3) is 10.8 Å². The molecule has 1 fully saturated rings. The third kappa shape index (κ3) is 4.16. The summed E-state index contributed by atoms with van der Waals surface area (Å²) in [5.74, 6) is 0.461. The van der Waals surface area contributed by atoms with E-state index in [2.05, 4.69) is 30.7 Å². The maximum atomic E-state index is 12.8. The van der Waals surface area contributed by atoms with Gasteiger partial charge in [-0.15, -0.1) is 5.10 Å². The van der Waals surface area contributed by atoms with Gasteiger partial charge in [0.25, 0.3) is 5.91 Å². The Kier molecular flexibility index (Phi) is 5.14. The Labute approximate surface area is 180 Å². The second kappa shape index (κ2) is 8.39. The number of carbonyl (C=O) groups excluding carboxylic acids is 1. The molecular formula is C24H22N6O. The molecule has 0 spiro atoms. The van der Waals surface area contributed by atoms with E-state index >= 15 is 0 Å². The maximum absolute atomic E-state index is 12.8. The lowest BCUT2D eigenvalue weighted by Gasteiger charge is -2.17. The average Bonchev–Trinajstić information content (AvgIpc) is 3.35. The van der Waals surface area contributed by atoms with Crippen LogP contribution < -0.4 is 15.5 Å². The number of nitrogens with one attached hydrogen (secondary N) is 2. The molecule has 3 heterocycles. The van der Waals surface area contributed by atoms with E-state index in [1.165, 1.54) is 12.8 Å².